The van der Waals surface area contributed by atoms with Crippen molar-refractivity contribution in [1.82, 2.24) is 14.8 Å². The Labute approximate surface area is 163 Å². The first-order valence-corrected chi connectivity index (χ1v) is 9.20. The van der Waals surface area contributed by atoms with Gasteiger partial charge in [-0.3, -0.25) is 4.79 Å². The fraction of sp³-hybridized carbons (Fsp3) is 0.227. The number of anilines is 1. The van der Waals surface area contributed by atoms with E-state index in [1.165, 1.54) is 11.9 Å². The number of allylic oxidation sites excluding steroid dienone is 2. The highest BCUT2D eigenvalue weighted by atomic mass is 16.5. The third-order valence-corrected chi connectivity index (χ3v) is 5.03. The van der Waals surface area contributed by atoms with Gasteiger partial charge in [0.25, 0.3) is 0 Å². The topological polar surface area (TPSA) is 69.0 Å². The van der Waals surface area contributed by atoms with Crippen molar-refractivity contribution in [2.75, 3.05) is 5.32 Å². The van der Waals surface area contributed by atoms with Crippen molar-refractivity contribution in [3.63, 3.8) is 0 Å². The molecule has 4 rings (SSSR count). The van der Waals surface area contributed by atoms with E-state index < -0.39 is 0 Å². The van der Waals surface area contributed by atoms with E-state index in [4.69, 9.17) is 4.74 Å². The number of Topliss-reactive ketones (excluding diaryl/α,β-unsaturated/α-hetero) is 1. The molecule has 1 aromatic heterocycles. The van der Waals surface area contributed by atoms with E-state index in [9.17, 15) is 4.79 Å². The fourth-order valence-electron chi connectivity index (χ4n) is 3.53. The lowest BCUT2D eigenvalue weighted by atomic mass is 9.93. The fourth-order valence-corrected chi connectivity index (χ4v) is 3.53. The van der Waals surface area contributed by atoms with E-state index >= 15 is 0 Å². The molecule has 3 aromatic rings. The lowest BCUT2D eigenvalue weighted by Crippen LogP contribution is -2.27. The predicted molar refractivity (Wildman–Crippen MR) is 107 cm³/mol. The molecule has 2 heterocycles. The van der Waals surface area contributed by atoms with Crippen LogP contribution in [0.5, 0.6) is 5.75 Å². The molecule has 28 heavy (non-hydrogen) atoms. The van der Waals surface area contributed by atoms with Gasteiger partial charge in [0.1, 0.15) is 24.7 Å². The molecule has 1 atom stereocenters. The van der Waals surface area contributed by atoms with Crippen LogP contribution in [0.4, 0.5) is 5.95 Å². The van der Waals surface area contributed by atoms with Gasteiger partial charge >= 0.3 is 0 Å². The zero-order valence-electron chi connectivity index (χ0n) is 16.1. The van der Waals surface area contributed by atoms with Crippen molar-refractivity contribution in [3.8, 4) is 5.75 Å². The molecule has 1 aliphatic heterocycles. The highest BCUT2D eigenvalue weighted by Crippen LogP contribution is 2.35. The SMILES string of the molecule is CC(=O)C1=C(C)Nc2ncnn2C1c1ccc(OCc2ccccc2C)cc1. The number of nitrogens with zero attached hydrogens (tertiary/aromatic N) is 3. The van der Waals surface area contributed by atoms with Gasteiger partial charge in [0.05, 0.1) is 0 Å². The van der Waals surface area contributed by atoms with Crippen LogP contribution in [-0.2, 0) is 11.4 Å². The van der Waals surface area contributed by atoms with E-state index in [-0.39, 0.29) is 11.8 Å². The molecule has 0 saturated carbocycles. The molecule has 0 amide bonds. The minimum atomic E-state index is -0.304. The molecule has 1 unspecified atom stereocenters. The standard InChI is InChI=1S/C22H22N4O2/c1-14-6-4-5-7-18(14)12-28-19-10-8-17(9-11-19)21-20(16(3)27)15(2)25-22-23-13-24-26(21)22/h4-11,13,21H,12H2,1-3H3,(H,23,24,25). The summed E-state index contributed by atoms with van der Waals surface area (Å²) in [6.07, 6.45) is 1.49. The number of hydrogen-bond acceptors (Lipinski definition) is 5. The molecule has 0 aliphatic carbocycles. The molecule has 142 valence electrons. The second-order valence-corrected chi connectivity index (χ2v) is 6.93. The molecule has 2 aromatic carbocycles. The Morgan fingerprint density at radius 3 is 2.61 bits per heavy atom. The van der Waals surface area contributed by atoms with Gasteiger partial charge in [-0.15, -0.1) is 0 Å². The lowest BCUT2D eigenvalue weighted by Gasteiger charge is -2.28. The van der Waals surface area contributed by atoms with Gasteiger partial charge in [-0.25, -0.2) is 4.68 Å². The summed E-state index contributed by atoms with van der Waals surface area (Å²) in [5, 5.41) is 7.46. The first kappa shape index (κ1) is 18.0. The van der Waals surface area contributed by atoms with E-state index in [1.807, 2.05) is 43.3 Å². The smallest absolute Gasteiger partial charge is 0.226 e. The minimum Gasteiger partial charge on any atom is -0.489 e. The number of aromatic nitrogens is 3. The second-order valence-electron chi connectivity index (χ2n) is 6.93. The highest BCUT2D eigenvalue weighted by Gasteiger charge is 2.31. The van der Waals surface area contributed by atoms with E-state index in [0.717, 1.165) is 22.6 Å². The molecule has 0 spiro atoms. The van der Waals surface area contributed by atoms with Crippen molar-refractivity contribution >= 4 is 11.7 Å². The Balaban J connectivity index is 1.60. The number of aryl methyl sites for hydroxylation is 1. The van der Waals surface area contributed by atoms with Crippen LogP contribution in [0, 0.1) is 6.92 Å². The molecule has 0 radical (unpaired) electrons. The maximum absolute atomic E-state index is 12.3. The molecule has 0 saturated heterocycles. The molecule has 0 bridgehead atoms. The van der Waals surface area contributed by atoms with Gasteiger partial charge in [0, 0.05) is 11.3 Å². The van der Waals surface area contributed by atoms with Gasteiger partial charge in [-0.2, -0.15) is 10.1 Å². The number of carbonyl (C=O) groups is 1. The molecule has 1 aliphatic rings. The van der Waals surface area contributed by atoms with Crippen LogP contribution < -0.4 is 10.1 Å². The molecule has 1 N–H and O–H groups in total. The molecule has 6 nitrogen and oxygen atoms in total. The number of nitrogens with one attached hydrogen (secondary N) is 1. The van der Waals surface area contributed by atoms with Crippen LogP contribution >= 0.6 is 0 Å². The first-order valence-electron chi connectivity index (χ1n) is 9.20. The number of hydrogen-bond donors (Lipinski definition) is 1. The van der Waals surface area contributed by atoms with Crippen molar-refractivity contribution in [2.45, 2.75) is 33.4 Å². The second kappa shape index (κ2) is 7.31. The summed E-state index contributed by atoms with van der Waals surface area (Å²) in [5.41, 5.74) is 4.82. The molecule has 0 fully saturated rings. The maximum atomic E-state index is 12.3. The number of rotatable bonds is 5. The third kappa shape index (κ3) is 3.29. The number of carbonyl (C=O) groups excluding carboxylic acids is 1. The van der Waals surface area contributed by atoms with Gasteiger partial charge in [0.15, 0.2) is 5.78 Å². The molecule has 6 heteroatoms. The summed E-state index contributed by atoms with van der Waals surface area (Å²) >= 11 is 0. The third-order valence-electron chi connectivity index (χ3n) is 5.03. The van der Waals surface area contributed by atoms with Crippen LogP contribution in [0.1, 0.15) is 36.6 Å². The first-order chi connectivity index (χ1) is 13.5. The van der Waals surface area contributed by atoms with E-state index in [1.54, 1.807) is 11.6 Å². The normalized spacial score (nSPS) is 15.8. The van der Waals surface area contributed by atoms with E-state index in [0.29, 0.717) is 18.1 Å². The van der Waals surface area contributed by atoms with Crippen LogP contribution in [0.25, 0.3) is 0 Å². The lowest BCUT2D eigenvalue weighted by molar-refractivity contribution is -0.114. The van der Waals surface area contributed by atoms with Gasteiger partial charge < -0.3 is 10.1 Å². The summed E-state index contributed by atoms with van der Waals surface area (Å²) in [5.74, 6) is 1.42. The Bertz CT molecular complexity index is 1050. The maximum Gasteiger partial charge on any atom is 0.226 e. The molecular formula is C22H22N4O2. The average molecular weight is 374 g/mol. The van der Waals surface area contributed by atoms with Crippen molar-refractivity contribution < 1.29 is 9.53 Å². The average Bonchev–Trinajstić information content (AvgIpc) is 3.14. The van der Waals surface area contributed by atoms with Crippen LogP contribution in [0.2, 0.25) is 0 Å². The summed E-state index contributed by atoms with van der Waals surface area (Å²) in [6.45, 7) is 6.06. The summed E-state index contributed by atoms with van der Waals surface area (Å²) in [4.78, 5) is 16.5. The van der Waals surface area contributed by atoms with Gasteiger partial charge in [0.2, 0.25) is 5.95 Å². The van der Waals surface area contributed by atoms with Crippen LogP contribution in [0.3, 0.4) is 0 Å². The van der Waals surface area contributed by atoms with Crippen molar-refractivity contribution in [1.29, 1.82) is 0 Å². The monoisotopic (exact) mass is 374 g/mol. The van der Waals surface area contributed by atoms with Crippen LogP contribution in [0.15, 0.2) is 66.1 Å². The number of ether oxygens (including phenoxy) is 1. The van der Waals surface area contributed by atoms with Crippen molar-refractivity contribution in [3.05, 3.63) is 82.8 Å². The summed E-state index contributed by atoms with van der Waals surface area (Å²) < 4.78 is 7.68. The molecular weight excluding hydrogens is 352 g/mol. The largest absolute Gasteiger partial charge is 0.489 e. The summed E-state index contributed by atoms with van der Waals surface area (Å²) in [6, 6.07) is 15.7. The highest BCUT2D eigenvalue weighted by molar-refractivity contribution is 5.96. The Morgan fingerprint density at radius 1 is 1.14 bits per heavy atom. The minimum absolute atomic E-state index is 0.0102. The Hall–Kier alpha value is -3.41. The predicted octanol–water partition coefficient (Wildman–Crippen LogP) is 4.04. The zero-order chi connectivity index (χ0) is 19.7. The Kier molecular flexibility index (Phi) is 4.69. The van der Waals surface area contributed by atoms with E-state index in [2.05, 4.69) is 34.5 Å². The van der Waals surface area contributed by atoms with Gasteiger partial charge in [-0.05, 0) is 49.6 Å². The van der Waals surface area contributed by atoms with Gasteiger partial charge in [-0.1, -0.05) is 36.4 Å². The quantitative estimate of drug-likeness (QED) is 0.730. The van der Waals surface area contributed by atoms with Crippen LogP contribution in [-0.4, -0.2) is 20.5 Å². The summed E-state index contributed by atoms with van der Waals surface area (Å²) in [7, 11) is 0. The number of fused-ring (bicyclic) bond motifs is 1. The number of ketones is 1. The zero-order valence-corrected chi connectivity index (χ0v) is 16.1. The Morgan fingerprint density at radius 2 is 1.89 bits per heavy atom. The van der Waals surface area contributed by atoms with Crippen molar-refractivity contribution in [2.24, 2.45) is 0 Å². The number of benzene rings is 2.